The molecule has 1 heterocycles. The van der Waals surface area contributed by atoms with Crippen molar-refractivity contribution in [2.24, 2.45) is 0 Å². The monoisotopic (exact) mass is 219 g/mol. The number of carboxylic acids is 1. The van der Waals surface area contributed by atoms with Gasteiger partial charge in [-0.25, -0.2) is 4.79 Å². The molecular formula is C13H17NO2. The fraction of sp³-hybridized carbons (Fsp3) is 0.462. The smallest absolute Gasteiger partial charge is 0.335 e. The largest absolute Gasteiger partial charge is 0.478 e. The SMILES string of the molecule is CC(C)N1CCc2c(cccc2C(=O)O)C1. The average molecular weight is 219 g/mol. The molecule has 1 aromatic rings. The number of fused-ring (bicyclic) bond motifs is 1. The van der Waals surface area contributed by atoms with E-state index < -0.39 is 5.97 Å². The molecule has 0 radical (unpaired) electrons. The molecule has 0 saturated carbocycles. The summed E-state index contributed by atoms with van der Waals surface area (Å²) in [6, 6.07) is 6.09. The molecule has 2 rings (SSSR count). The number of hydrogen-bond donors (Lipinski definition) is 1. The fourth-order valence-electron chi connectivity index (χ4n) is 2.27. The van der Waals surface area contributed by atoms with Crippen molar-refractivity contribution >= 4 is 5.97 Å². The zero-order valence-corrected chi connectivity index (χ0v) is 9.73. The van der Waals surface area contributed by atoms with Gasteiger partial charge in [0, 0.05) is 19.1 Å². The van der Waals surface area contributed by atoms with Gasteiger partial charge in [-0.15, -0.1) is 0 Å². The van der Waals surface area contributed by atoms with Crippen LogP contribution >= 0.6 is 0 Å². The van der Waals surface area contributed by atoms with Crippen molar-refractivity contribution in [2.75, 3.05) is 6.54 Å². The van der Waals surface area contributed by atoms with E-state index in [9.17, 15) is 4.79 Å². The molecule has 1 aliphatic heterocycles. The van der Waals surface area contributed by atoms with Crippen molar-refractivity contribution < 1.29 is 9.90 Å². The second kappa shape index (κ2) is 4.26. The number of aromatic carboxylic acids is 1. The van der Waals surface area contributed by atoms with Crippen LogP contribution in [0.25, 0.3) is 0 Å². The van der Waals surface area contributed by atoms with Crippen molar-refractivity contribution in [3.05, 3.63) is 34.9 Å². The van der Waals surface area contributed by atoms with Gasteiger partial charge in [0.15, 0.2) is 0 Å². The highest BCUT2D eigenvalue weighted by Crippen LogP contribution is 2.23. The Morgan fingerprint density at radius 3 is 2.81 bits per heavy atom. The third kappa shape index (κ3) is 1.95. The summed E-state index contributed by atoms with van der Waals surface area (Å²) in [7, 11) is 0. The minimum atomic E-state index is -0.810. The molecule has 0 spiro atoms. The summed E-state index contributed by atoms with van der Waals surface area (Å²) >= 11 is 0. The third-order valence-electron chi connectivity index (χ3n) is 3.26. The molecule has 3 heteroatoms. The molecule has 0 aliphatic carbocycles. The summed E-state index contributed by atoms with van der Waals surface area (Å²) in [5, 5.41) is 9.10. The molecule has 0 amide bonds. The van der Waals surface area contributed by atoms with Crippen LogP contribution in [0.2, 0.25) is 0 Å². The quantitative estimate of drug-likeness (QED) is 0.828. The predicted octanol–water partition coefficient (Wildman–Crippen LogP) is 2.15. The van der Waals surface area contributed by atoms with E-state index in [-0.39, 0.29) is 0 Å². The van der Waals surface area contributed by atoms with Gasteiger partial charge >= 0.3 is 5.97 Å². The van der Waals surface area contributed by atoms with Gasteiger partial charge in [-0.2, -0.15) is 0 Å². The lowest BCUT2D eigenvalue weighted by Crippen LogP contribution is -2.36. The van der Waals surface area contributed by atoms with Gasteiger partial charge in [0.1, 0.15) is 0 Å². The number of rotatable bonds is 2. The van der Waals surface area contributed by atoms with Crippen LogP contribution in [-0.4, -0.2) is 28.6 Å². The van der Waals surface area contributed by atoms with Crippen molar-refractivity contribution in [3.8, 4) is 0 Å². The van der Waals surface area contributed by atoms with Crippen molar-refractivity contribution in [3.63, 3.8) is 0 Å². The van der Waals surface area contributed by atoms with Gasteiger partial charge in [-0.1, -0.05) is 12.1 Å². The Bertz CT molecular complexity index is 412. The number of nitrogens with zero attached hydrogens (tertiary/aromatic N) is 1. The van der Waals surface area contributed by atoms with E-state index in [0.717, 1.165) is 25.1 Å². The first kappa shape index (κ1) is 11.1. The van der Waals surface area contributed by atoms with Gasteiger partial charge in [-0.05, 0) is 37.5 Å². The lowest BCUT2D eigenvalue weighted by atomic mass is 9.94. The van der Waals surface area contributed by atoms with Crippen LogP contribution in [0.15, 0.2) is 18.2 Å². The Labute approximate surface area is 95.7 Å². The Morgan fingerprint density at radius 2 is 2.19 bits per heavy atom. The highest BCUT2D eigenvalue weighted by atomic mass is 16.4. The average Bonchev–Trinajstić information content (AvgIpc) is 2.27. The summed E-state index contributed by atoms with van der Waals surface area (Å²) in [5.41, 5.74) is 2.66. The van der Waals surface area contributed by atoms with Crippen LogP contribution in [0, 0.1) is 0 Å². The fourth-order valence-corrected chi connectivity index (χ4v) is 2.27. The lowest BCUT2D eigenvalue weighted by molar-refractivity contribution is 0.0694. The topological polar surface area (TPSA) is 40.5 Å². The van der Waals surface area contributed by atoms with E-state index >= 15 is 0 Å². The molecule has 1 aliphatic rings. The second-order valence-electron chi connectivity index (χ2n) is 4.56. The number of benzene rings is 1. The van der Waals surface area contributed by atoms with E-state index in [1.165, 1.54) is 5.56 Å². The van der Waals surface area contributed by atoms with Gasteiger partial charge in [0.25, 0.3) is 0 Å². The van der Waals surface area contributed by atoms with Gasteiger partial charge < -0.3 is 5.11 Å². The van der Waals surface area contributed by atoms with Crippen molar-refractivity contribution in [2.45, 2.75) is 32.9 Å². The Morgan fingerprint density at radius 1 is 1.44 bits per heavy atom. The zero-order valence-electron chi connectivity index (χ0n) is 9.73. The highest BCUT2D eigenvalue weighted by Gasteiger charge is 2.22. The van der Waals surface area contributed by atoms with E-state index in [0.29, 0.717) is 11.6 Å². The minimum absolute atomic E-state index is 0.473. The molecule has 0 aromatic heterocycles. The molecule has 1 aromatic carbocycles. The van der Waals surface area contributed by atoms with Crippen LogP contribution in [0.3, 0.4) is 0 Å². The van der Waals surface area contributed by atoms with Crippen LogP contribution in [-0.2, 0) is 13.0 Å². The normalized spacial score (nSPS) is 16.2. The van der Waals surface area contributed by atoms with Crippen LogP contribution in [0.1, 0.15) is 35.3 Å². The maximum Gasteiger partial charge on any atom is 0.335 e. The van der Waals surface area contributed by atoms with Gasteiger partial charge in [0.05, 0.1) is 5.56 Å². The molecule has 0 unspecified atom stereocenters. The molecule has 1 N–H and O–H groups in total. The first-order chi connectivity index (χ1) is 7.59. The Hall–Kier alpha value is -1.35. The van der Waals surface area contributed by atoms with E-state index in [4.69, 9.17) is 5.11 Å². The summed E-state index contributed by atoms with van der Waals surface area (Å²) in [6.07, 6.45) is 0.843. The van der Waals surface area contributed by atoms with Crippen molar-refractivity contribution in [1.29, 1.82) is 0 Å². The summed E-state index contributed by atoms with van der Waals surface area (Å²) in [6.45, 7) is 6.17. The summed E-state index contributed by atoms with van der Waals surface area (Å²) in [5.74, 6) is -0.810. The molecule has 16 heavy (non-hydrogen) atoms. The number of carbonyl (C=O) groups is 1. The van der Waals surface area contributed by atoms with Crippen LogP contribution in [0.5, 0.6) is 0 Å². The second-order valence-corrected chi connectivity index (χ2v) is 4.56. The maximum absolute atomic E-state index is 11.1. The first-order valence-electron chi connectivity index (χ1n) is 5.67. The molecular weight excluding hydrogens is 202 g/mol. The Balaban J connectivity index is 2.34. The maximum atomic E-state index is 11.1. The standard InChI is InChI=1S/C13H17NO2/c1-9(2)14-7-6-11-10(8-14)4-3-5-12(11)13(15)16/h3-5,9H,6-8H2,1-2H3,(H,15,16). The summed E-state index contributed by atoms with van der Waals surface area (Å²) in [4.78, 5) is 13.4. The van der Waals surface area contributed by atoms with Gasteiger partial charge in [0.2, 0.25) is 0 Å². The van der Waals surface area contributed by atoms with Crippen molar-refractivity contribution in [1.82, 2.24) is 4.90 Å². The van der Waals surface area contributed by atoms with Gasteiger partial charge in [-0.3, -0.25) is 4.90 Å². The zero-order chi connectivity index (χ0) is 11.7. The molecule has 0 atom stereocenters. The number of hydrogen-bond acceptors (Lipinski definition) is 2. The first-order valence-corrected chi connectivity index (χ1v) is 5.67. The molecule has 0 bridgehead atoms. The molecule has 3 nitrogen and oxygen atoms in total. The predicted molar refractivity (Wildman–Crippen MR) is 62.7 cm³/mol. The Kier molecular flexibility index (Phi) is 2.97. The van der Waals surface area contributed by atoms with E-state index in [1.54, 1.807) is 6.07 Å². The molecule has 86 valence electrons. The lowest BCUT2D eigenvalue weighted by Gasteiger charge is -2.32. The van der Waals surface area contributed by atoms with Crippen LogP contribution < -0.4 is 0 Å². The molecule has 0 fully saturated rings. The number of carboxylic acid groups (broad SMARTS) is 1. The van der Waals surface area contributed by atoms with E-state index in [2.05, 4.69) is 18.7 Å². The minimum Gasteiger partial charge on any atom is -0.478 e. The third-order valence-corrected chi connectivity index (χ3v) is 3.26. The van der Waals surface area contributed by atoms with Crippen LogP contribution in [0.4, 0.5) is 0 Å². The summed E-state index contributed by atoms with van der Waals surface area (Å²) < 4.78 is 0. The van der Waals surface area contributed by atoms with E-state index in [1.807, 2.05) is 12.1 Å². The molecule has 0 saturated heterocycles. The highest BCUT2D eigenvalue weighted by molar-refractivity contribution is 5.89.